The molecule has 1 unspecified atom stereocenters. The molecule has 8 aromatic carbocycles. The molecule has 0 fully saturated rings. The Labute approximate surface area is 337 Å². The Balaban J connectivity index is 0.885. The molecule has 0 amide bonds. The third kappa shape index (κ3) is 8.80. The third-order valence-corrected chi connectivity index (χ3v) is 12.0. The standard InChI is InChI=1S/C48H48NO8P/c1-49(2,3)28-29-55-58(52,53)56-31-40(57-44(51)15-7-9-33-17-19-39-23-21-35-11-5-13-37-25-27-42(33)48(39)46(35)37)30-54-43(50)14-6-8-32-16-18-38-22-20-34-10-4-12-36-24-26-41(32)47(38)45(34)36/h4-5,10-13,16-27,40H,6-9,14-15,28-31H2,1-3H3/p+1/t40-/m1/s1. The van der Waals surface area contributed by atoms with Crippen LogP contribution in [0, 0.1) is 0 Å². The molecule has 0 heterocycles. The number of hydrogen-bond acceptors (Lipinski definition) is 7. The third-order valence-electron chi connectivity index (χ3n) is 11.1. The number of likely N-dealkylation sites (N-methyl/N-ethyl adjacent to an activating group) is 1. The van der Waals surface area contributed by atoms with Crippen molar-refractivity contribution >= 4 is 84.4 Å². The molecule has 10 heteroatoms. The molecular formula is C48H49NO8P+. The lowest BCUT2D eigenvalue weighted by Crippen LogP contribution is -2.37. The Bertz CT molecular complexity index is 2760. The first kappa shape index (κ1) is 39.7. The molecular weight excluding hydrogens is 750 g/mol. The van der Waals surface area contributed by atoms with Gasteiger partial charge in [-0.05, 0) is 101 Å². The predicted octanol–water partition coefficient (Wildman–Crippen LogP) is 10.1. The fourth-order valence-electron chi connectivity index (χ4n) is 8.14. The summed E-state index contributed by atoms with van der Waals surface area (Å²) in [6.45, 7) is -0.331. The van der Waals surface area contributed by atoms with Gasteiger partial charge in [-0.3, -0.25) is 18.6 Å². The van der Waals surface area contributed by atoms with E-state index in [4.69, 9.17) is 18.5 Å². The van der Waals surface area contributed by atoms with E-state index >= 15 is 0 Å². The maximum Gasteiger partial charge on any atom is 0.472 e. The maximum atomic E-state index is 13.2. The molecule has 298 valence electrons. The minimum absolute atomic E-state index is 0.00806. The van der Waals surface area contributed by atoms with E-state index < -0.39 is 32.5 Å². The highest BCUT2D eigenvalue weighted by Crippen LogP contribution is 2.43. The van der Waals surface area contributed by atoms with Crippen LogP contribution in [0.4, 0.5) is 0 Å². The average Bonchev–Trinajstić information content (AvgIpc) is 3.20. The van der Waals surface area contributed by atoms with Gasteiger partial charge >= 0.3 is 19.8 Å². The van der Waals surface area contributed by atoms with Crippen molar-refractivity contribution in [3.63, 3.8) is 0 Å². The first-order valence-electron chi connectivity index (χ1n) is 20.0. The number of esters is 2. The second kappa shape index (κ2) is 16.6. The fraction of sp³-hybridized carbons (Fsp3) is 0.292. The lowest BCUT2D eigenvalue weighted by atomic mass is 9.90. The quantitative estimate of drug-likeness (QED) is 0.0396. The van der Waals surface area contributed by atoms with Gasteiger partial charge in [0.1, 0.15) is 19.8 Å². The van der Waals surface area contributed by atoms with E-state index in [1.807, 2.05) is 21.1 Å². The van der Waals surface area contributed by atoms with Crippen LogP contribution >= 0.6 is 7.82 Å². The number of quaternary nitrogens is 1. The van der Waals surface area contributed by atoms with Crippen molar-refractivity contribution in [2.24, 2.45) is 0 Å². The van der Waals surface area contributed by atoms with E-state index in [1.54, 1.807) is 0 Å². The second-order valence-corrected chi connectivity index (χ2v) is 17.7. The highest BCUT2D eigenvalue weighted by molar-refractivity contribution is 7.47. The fourth-order valence-corrected chi connectivity index (χ4v) is 8.88. The SMILES string of the molecule is C[N+](C)(C)CCOP(=O)(O)OC[C@@H](COC(=O)CCCc1ccc2ccc3cccc4ccc1c2c34)OC(=O)CCCc1ccc2ccc3cccc4ccc1c2c34. The van der Waals surface area contributed by atoms with Gasteiger partial charge in [-0.2, -0.15) is 0 Å². The van der Waals surface area contributed by atoms with Crippen molar-refractivity contribution in [2.75, 3.05) is 47.5 Å². The van der Waals surface area contributed by atoms with Gasteiger partial charge < -0.3 is 18.9 Å². The van der Waals surface area contributed by atoms with Crippen molar-refractivity contribution < 1.29 is 42.1 Å². The second-order valence-electron chi connectivity index (χ2n) is 16.3. The van der Waals surface area contributed by atoms with Crippen LogP contribution in [0.15, 0.2) is 109 Å². The molecule has 8 rings (SSSR count). The molecule has 58 heavy (non-hydrogen) atoms. The average molecular weight is 799 g/mol. The first-order chi connectivity index (χ1) is 27.9. The van der Waals surface area contributed by atoms with E-state index in [0.717, 1.165) is 16.5 Å². The molecule has 2 atom stereocenters. The van der Waals surface area contributed by atoms with E-state index in [0.29, 0.717) is 36.7 Å². The van der Waals surface area contributed by atoms with Crippen molar-refractivity contribution in [3.05, 3.63) is 120 Å². The molecule has 0 aliphatic heterocycles. The van der Waals surface area contributed by atoms with E-state index in [2.05, 4.69) is 109 Å². The molecule has 0 aliphatic carbocycles. The van der Waals surface area contributed by atoms with Gasteiger partial charge in [0.25, 0.3) is 0 Å². The van der Waals surface area contributed by atoms with Crippen molar-refractivity contribution in [3.8, 4) is 0 Å². The number of aryl methyl sites for hydroxylation is 2. The topological polar surface area (TPSA) is 108 Å². The zero-order valence-corrected chi connectivity index (χ0v) is 34.1. The van der Waals surface area contributed by atoms with E-state index in [-0.39, 0.29) is 26.1 Å². The van der Waals surface area contributed by atoms with Crippen LogP contribution in [0.25, 0.3) is 64.6 Å². The normalized spacial score (nSPS) is 13.9. The summed E-state index contributed by atoms with van der Waals surface area (Å²) < 4.78 is 35.0. The summed E-state index contributed by atoms with van der Waals surface area (Å²) in [7, 11) is 1.34. The molecule has 0 aromatic heterocycles. The summed E-state index contributed by atoms with van der Waals surface area (Å²) in [5.41, 5.74) is 2.30. The number of hydrogen-bond donors (Lipinski definition) is 1. The molecule has 1 N–H and O–H groups in total. The minimum atomic E-state index is -4.47. The molecule has 0 saturated carbocycles. The minimum Gasteiger partial charge on any atom is -0.462 e. The molecule has 8 aromatic rings. The monoisotopic (exact) mass is 798 g/mol. The van der Waals surface area contributed by atoms with E-state index in [9.17, 15) is 19.0 Å². The maximum absolute atomic E-state index is 13.2. The summed E-state index contributed by atoms with van der Waals surface area (Å²) in [6.07, 6.45) is 1.54. The number of nitrogens with zero attached hydrogens (tertiary/aromatic N) is 1. The van der Waals surface area contributed by atoms with Crippen LogP contribution in [0.3, 0.4) is 0 Å². The van der Waals surface area contributed by atoms with E-state index in [1.165, 1.54) is 59.2 Å². The molecule has 0 radical (unpaired) electrons. The zero-order valence-electron chi connectivity index (χ0n) is 33.2. The Morgan fingerprint density at radius 1 is 0.586 bits per heavy atom. The summed E-state index contributed by atoms with van der Waals surface area (Å²) in [6, 6.07) is 38.4. The Kier molecular flexibility index (Phi) is 11.4. The number of ether oxygens (including phenoxy) is 2. The van der Waals surface area contributed by atoms with Crippen LogP contribution in [0.5, 0.6) is 0 Å². The summed E-state index contributed by atoms with van der Waals surface area (Å²) >= 11 is 0. The van der Waals surface area contributed by atoms with Gasteiger partial charge in [-0.1, -0.05) is 109 Å². The number of rotatable bonds is 18. The Morgan fingerprint density at radius 3 is 1.53 bits per heavy atom. The van der Waals surface area contributed by atoms with Crippen LogP contribution < -0.4 is 0 Å². The molecule has 0 aliphatic rings. The van der Waals surface area contributed by atoms with Crippen molar-refractivity contribution in [1.29, 1.82) is 0 Å². The molecule has 0 bridgehead atoms. The molecule has 9 nitrogen and oxygen atoms in total. The Hall–Kier alpha value is -5.15. The molecule has 0 spiro atoms. The summed E-state index contributed by atoms with van der Waals surface area (Å²) in [5.74, 6) is -0.978. The van der Waals surface area contributed by atoms with Gasteiger partial charge in [0.05, 0.1) is 27.7 Å². The number of carbonyl (C=O) groups is 2. The number of phosphoric ester groups is 1. The van der Waals surface area contributed by atoms with Gasteiger partial charge in [0, 0.05) is 12.8 Å². The van der Waals surface area contributed by atoms with Gasteiger partial charge in [0.2, 0.25) is 0 Å². The lowest BCUT2D eigenvalue weighted by molar-refractivity contribution is -0.870. The smallest absolute Gasteiger partial charge is 0.462 e. The highest BCUT2D eigenvalue weighted by atomic mass is 31.2. The van der Waals surface area contributed by atoms with Crippen molar-refractivity contribution in [1.82, 2.24) is 0 Å². The van der Waals surface area contributed by atoms with Gasteiger partial charge in [0.15, 0.2) is 6.10 Å². The largest absolute Gasteiger partial charge is 0.472 e. The van der Waals surface area contributed by atoms with Gasteiger partial charge in [-0.15, -0.1) is 0 Å². The van der Waals surface area contributed by atoms with Crippen LogP contribution in [-0.2, 0) is 45.5 Å². The number of benzene rings is 8. The summed E-state index contributed by atoms with van der Waals surface area (Å²) in [4.78, 5) is 36.6. The lowest BCUT2D eigenvalue weighted by Gasteiger charge is -2.24. The molecule has 0 saturated heterocycles. The predicted molar refractivity (Wildman–Crippen MR) is 232 cm³/mol. The van der Waals surface area contributed by atoms with Gasteiger partial charge in [-0.25, -0.2) is 4.57 Å². The number of phosphoric acid groups is 1. The zero-order chi connectivity index (χ0) is 40.4. The Morgan fingerprint density at radius 2 is 1.03 bits per heavy atom. The van der Waals surface area contributed by atoms with Crippen molar-refractivity contribution in [2.45, 2.75) is 44.6 Å². The number of carbonyl (C=O) groups excluding carboxylic acids is 2. The van der Waals surface area contributed by atoms with Crippen LogP contribution in [-0.4, -0.2) is 74.9 Å². The van der Waals surface area contributed by atoms with Crippen LogP contribution in [0.1, 0.15) is 36.8 Å². The summed E-state index contributed by atoms with van der Waals surface area (Å²) in [5, 5.41) is 14.4. The van der Waals surface area contributed by atoms with Crippen LogP contribution in [0.2, 0.25) is 0 Å². The first-order valence-corrected chi connectivity index (χ1v) is 21.5. The highest BCUT2D eigenvalue weighted by Gasteiger charge is 2.27.